The van der Waals surface area contributed by atoms with Crippen LogP contribution in [0.5, 0.6) is 5.75 Å². The van der Waals surface area contributed by atoms with E-state index in [9.17, 15) is 13.6 Å². The van der Waals surface area contributed by atoms with Crippen LogP contribution in [0.15, 0.2) is 42.5 Å². The van der Waals surface area contributed by atoms with Crippen molar-refractivity contribution in [1.29, 1.82) is 0 Å². The first-order valence-electron chi connectivity index (χ1n) is 8.00. The van der Waals surface area contributed by atoms with E-state index in [0.29, 0.717) is 18.5 Å². The Morgan fingerprint density at radius 1 is 1.16 bits per heavy atom. The molecule has 6 heteroatoms. The van der Waals surface area contributed by atoms with Crippen LogP contribution >= 0.6 is 0 Å². The van der Waals surface area contributed by atoms with Gasteiger partial charge < -0.3 is 10.1 Å². The highest BCUT2D eigenvalue weighted by Gasteiger charge is 2.10. The first-order chi connectivity index (χ1) is 12.0. The van der Waals surface area contributed by atoms with Gasteiger partial charge in [-0.05, 0) is 31.2 Å². The fourth-order valence-electron chi connectivity index (χ4n) is 2.54. The van der Waals surface area contributed by atoms with E-state index in [1.807, 2.05) is 24.3 Å². The second-order valence-corrected chi connectivity index (χ2v) is 5.82. The van der Waals surface area contributed by atoms with E-state index in [0.717, 1.165) is 17.4 Å². The number of carbonyl (C=O) groups excluding carboxylic acids is 1. The Morgan fingerprint density at radius 3 is 2.64 bits per heavy atom. The van der Waals surface area contributed by atoms with Crippen molar-refractivity contribution in [3.05, 3.63) is 65.2 Å². The lowest BCUT2D eigenvalue weighted by atomic mass is 10.1. The molecule has 0 aliphatic rings. The highest BCUT2D eigenvalue weighted by molar-refractivity contribution is 5.77. The Hall–Kier alpha value is -2.47. The fraction of sp³-hybridized carbons (Fsp3) is 0.316. The molecule has 134 valence electrons. The maximum absolute atomic E-state index is 13.6. The lowest BCUT2D eigenvalue weighted by Crippen LogP contribution is -2.36. The number of halogens is 2. The summed E-state index contributed by atoms with van der Waals surface area (Å²) in [5, 5.41) is 2.83. The number of ether oxygens (including phenoxy) is 1. The number of nitrogens with one attached hydrogen (secondary N) is 1. The smallest absolute Gasteiger partial charge is 0.234 e. The molecule has 4 nitrogen and oxygen atoms in total. The third kappa shape index (κ3) is 5.83. The molecule has 0 heterocycles. The summed E-state index contributed by atoms with van der Waals surface area (Å²) in [7, 11) is 3.32. The van der Waals surface area contributed by atoms with Gasteiger partial charge in [-0.3, -0.25) is 9.69 Å². The van der Waals surface area contributed by atoms with Gasteiger partial charge in [-0.1, -0.05) is 24.3 Å². The van der Waals surface area contributed by atoms with E-state index >= 15 is 0 Å². The molecule has 2 rings (SSSR count). The highest BCUT2D eigenvalue weighted by atomic mass is 19.1. The molecule has 0 fully saturated rings. The summed E-state index contributed by atoms with van der Waals surface area (Å²) in [5.74, 6) is -0.581. The van der Waals surface area contributed by atoms with Gasteiger partial charge in [0.15, 0.2) is 0 Å². The van der Waals surface area contributed by atoms with Crippen LogP contribution in [-0.4, -0.2) is 38.1 Å². The van der Waals surface area contributed by atoms with Gasteiger partial charge in [0.25, 0.3) is 0 Å². The predicted octanol–water partition coefficient (Wildman–Crippen LogP) is 2.76. The highest BCUT2D eigenvalue weighted by Crippen LogP contribution is 2.17. The number of para-hydroxylation sites is 1. The molecule has 1 amide bonds. The van der Waals surface area contributed by atoms with Crippen molar-refractivity contribution in [1.82, 2.24) is 10.2 Å². The minimum atomic E-state index is -0.613. The van der Waals surface area contributed by atoms with E-state index in [1.54, 1.807) is 19.1 Å². The van der Waals surface area contributed by atoms with Gasteiger partial charge in [-0.25, -0.2) is 8.78 Å². The van der Waals surface area contributed by atoms with Crippen LogP contribution in [0.2, 0.25) is 0 Å². The van der Waals surface area contributed by atoms with Crippen molar-refractivity contribution in [3.8, 4) is 5.75 Å². The average molecular weight is 348 g/mol. The van der Waals surface area contributed by atoms with Crippen molar-refractivity contribution in [2.75, 3.05) is 27.2 Å². The number of benzene rings is 2. The second-order valence-electron chi connectivity index (χ2n) is 5.82. The van der Waals surface area contributed by atoms with Crippen molar-refractivity contribution in [2.24, 2.45) is 0 Å². The SMILES string of the molecule is COc1ccccc1CCNC(=O)CN(C)Cc1ccc(F)cc1F. The normalized spacial score (nSPS) is 10.8. The maximum Gasteiger partial charge on any atom is 0.234 e. The summed E-state index contributed by atoms with van der Waals surface area (Å²) in [6.07, 6.45) is 0.659. The van der Waals surface area contributed by atoms with Crippen LogP contribution in [0.4, 0.5) is 8.78 Å². The maximum atomic E-state index is 13.6. The summed E-state index contributed by atoms with van der Waals surface area (Å²) in [4.78, 5) is 13.7. The van der Waals surface area contributed by atoms with Gasteiger partial charge in [0.05, 0.1) is 13.7 Å². The molecule has 0 saturated carbocycles. The summed E-state index contributed by atoms with van der Waals surface area (Å²) >= 11 is 0. The number of hydrogen-bond acceptors (Lipinski definition) is 3. The minimum Gasteiger partial charge on any atom is -0.496 e. The molecule has 0 bridgehead atoms. The summed E-state index contributed by atoms with van der Waals surface area (Å²) in [5.41, 5.74) is 1.37. The number of methoxy groups -OCH3 is 1. The van der Waals surface area contributed by atoms with Crippen molar-refractivity contribution >= 4 is 5.91 Å². The van der Waals surface area contributed by atoms with Crippen LogP contribution < -0.4 is 10.1 Å². The zero-order valence-corrected chi connectivity index (χ0v) is 14.4. The average Bonchev–Trinajstić information content (AvgIpc) is 2.58. The predicted molar refractivity (Wildman–Crippen MR) is 92.4 cm³/mol. The van der Waals surface area contributed by atoms with Gasteiger partial charge in [-0.2, -0.15) is 0 Å². The first kappa shape index (κ1) is 18.9. The molecule has 0 aliphatic heterocycles. The van der Waals surface area contributed by atoms with Crippen LogP contribution in [0.25, 0.3) is 0 Å². The third-order valence-electron chi connectivity index (χ3n) is 3.78. The molecule has 0 saturated heterocycles. The quantitative estimate of drug-likeness (QED) is 0.798. The molecule has 0 aliphatic carbocycles. The van der Waals surface area contributed by atoms with Crippen molar-refractivity contribution in [3.63, 3.8) is 0 Å². The Kier molecular flexibility index (Phi) is 6.89. The van der Waals surface area contributed by atoms with Gasteiger partial charge >= 0.3 is 0 Å². The van der Waals surface area contributed by atoms with E-state index in [2.05, 4.69) is 5.32 Å². The number of carbonyl (C=O) groups is 1. The van der Waals surface area contributed by atoms with Crippen LogP contribution in [0.1, 0.15) is 11.1 Å². The zero-order valence-electron chi connectivity index (χ0n) is 14.4. The molecule has 0 spiro atoms. The van der Waals surface area contributed by atoms with E-state index in [-0.39, 0.29) is 19.0 Å². The van der Waals surface area contributed by atoms with Gasteiger partial charge in [0.1, 0.15) is 17.4 Å². The monoisotopic (exact) mass is 348 g/mol. The lowest BCUT2D eigenvalue weighted by Gasteiger charge is -2.17. The summed E-state index contributed by atoms with van der Waals surface area (Å²) < 4.78 is 31.8. The molecule has 0 unspecified atom stereocenters. The molecular weight excluding hydrogens is 326 g/mol. The summed E-state index contributed by atoms with van der Waals surface area (Å²) in [6.45, 7) is 0.840. The fourth-order valence-corrected chi connectivity index (χ4v) is 2.54. The van der Waals surface area contributed by atoms with E-state index < -0.39 is 11.6 Å². The van der Waals surface area contributed by atoms with E-state index in [1.165, 1.54) is 12.1 Å². The standard InChI is InChI=1S/C19H22F2N2O2/c1-23(12-15-7-8-16(20)11-17(15)21)13-19(24)22-10-9-14-5-3-4-6-18(14)25-2/h3-8,11H,9-10,12-13H2,1-2H3,(H,22,24). The zero-order chi connectivity index (χ0) is 18.2. The molecule has 25 heavy (non-hydrogen) atoms. The molecule has 0 atom stereocenters. The molecule has 0 aromatic heterocycles. The largest absolute Gasteiger partial charge is 0.496 e. The Balaban J connectivity index is 1.77. The number of nitrogens with zero attached hydrogens (tertiary/aromatic N) is 1. The third-order valence-corrected chi connectivity index (χ3v) is 3.78. The Morgan fingerprint density at radius 2 is 1.92 bits per heavy atom. The molecule has 2 aromatic carbocycles. The van der Waals surface area contributed by atoms with Crippen molar-refractivity contribution < 1.29 is 18.3 Å². The second kappa shape index (κ2) is 9.13. The molecule has 2 aromatic rings. The van der Waals surface area contributed by atoms with Crippen LogP contribution in [0, 0.1) is 11.6 Å². The van der Waals surface area contributed by atoms with Crippen LogP contribution in [-0.2, 0) is 17.8 Å². The number of rotatable bonds is 8. The number of hydrogen-bond donors (Lipinski definition) is 1. The summed E-state index contributed by atoms with van der Waals surface area (Å²) in [6, 6.07) is 11.1. The Labute approximate surface area is 146 Å². The van der Waals surface area contributed by atoms with Crippen molar-refractivity contribution in [2.45, 2.75) is 13.0 Å². The van der Waals surface area contributed by atoms with Gasteiger partial charge in [0.2, 0.25) is 5.91 Å². The first-order valence-corrected chi connectivity index (χ1v) is 8.00. The molecule has 0 radical (unpaired) electrons. The Bertz CT molecular complexity index is 722. The van der Waals surface area contributed by atoms with Crippen LogP contribution in [0.3, 0.4) is 0 Å². The van der Waals surface area contributed by atoms with Gasteiger partial charge in [-0.15, -0.1) is 0 Å². The van der Waals surface area contributed by atoms with E-state index in [4.69, 9.17) is 4.74 Å². The topological polar surface area (TPSA) is 41.6 Å². The molecular formula is C19H22F2N2O2. The minimum absolute atomic E-state index is 0.128. The van der Waals surface area contributed by atoms with Gasteiger partial charge in [0, 0.05) is 24.7 Å². The number of amides is 1. The number of likely N-dealkylation sites (N-methyl/N-ethyl adjacent to an activating group) is 1. The lowest BCUT2D eigenvalue weighted by molar-refractivity contribution is -0.122. The molecule has 1 N–H and O–H groups in total.